The molecule has 0 heterocycles. The van der Waals surface area contributed by atoms with E-state index in [0.717, 1.165) is 16.7 Å². The van der Waals surface area contributed by atoms with Crippen LogP contribution in [0.4, 0.5) is 4.39 Å². The van der Waals surface area contributed by atoms with Crippen LogP contribution in [0.2, 0.25) is 0 Å². The third-order valence-corrected chi connectivity index (χ3v) is 2.89. The van der Waals surface area contributed by atoms with E-state index < -0.39 is 5.60 Å². The number of halogens is 1. The van der Waals surface area contributed by atoms with Gasteiger partial charge in [0.05, 0.1) is 5.56 Å². The summed E-state index contributed by atoms with van der Waals surface area (Å²) in [5, 5.41) is 9.60. The van der Waals surface area contributed by atoms with Crippen LogP contribution in [0.25, 0.3) is 11.1 Å². The van der Waals surface area contributed by atoms with Crippen LogP contribution in [0.1, 0.15) is 25.0 Å². The first kappa shape index (κ1) is 14.3. The van der Waals surface area contributed by atoms with Gasteiger partial charge in [0.2, 0.25) is 0 Å². The fourth-order valence-corrected chi connectivity index (χ4v) is 1.92. The Labute approximate surface area is 119 Å². The molecule has 0 unspecified atom stereocenters. The quantitative estimate of drug-likeness (QED) is 0.777. The average molecular weight is 268 g/mol. The topological polar surface area (TPSA) is 20.2 Å². The lowest BCUT2D eigenvalue weighted by atomic mass is 9.99. The van der Waals surface area contributed by atoms with Crippen molar-refractivity contribution in [2.24, 2.45) is 0 Å². The van der Waals surface area contributed by atoms with Gasteiger partial charge in [-0.2, -0.15) is 0 Å². The van der Waals surface area contributed by atoms with Gasteiger partial charge < -0.3 is 5.11 Å². The van der Waals surface area contributed by atoms with Crippen LogP contribution in [0.3, 0.4) is 0 Å². The normalized spacial score (nSPS) is 10.8. The summed E-state index contributed by atoms with van der Waals surface area (Å²) in [6, 6.07) is 13.0. The molecule has 2 rings (SSSR count). The Morgan fingerprint density at radius 3 is 2.25 bits per heavy atom. The summed E-state index contributed by atoms with van der Waals surface area (Å²) in [6.45, 7) is 4.97. The predicted octanol–water partition coefficient (Wildman–Crippen LogP) is 3.92. The van der Waals surface area contributed by atoms with E-state index in [2.05, 4.69) is 11.8 Å². The number of aryl methyl sites for hydroxylation is 1. The van der Waals surface area contributed by atoms with Crippen LogP contribution < -0.4 is 0 Å². The van der Waals surface area contributed by atoms with E-state index in [-0.39, 0.29) is 5.82 Å². The summed E-state index contributed by atoms with van der Waals surface area (Å²) >= 11 is 0. The SMILES string of the molecule is Cc1cc(-c2ccccc2)cc(F)c1C#CC(C)(C)O. The molecule has 2 aromatic carbocycles. The van der Waals surface area contributed by atoms with Crippen molar-refractivity contribution in [3.05, 3.63) is 59.4 Å². The Morgan fingerprint density at radius 1 is 1.05 bits per heavy atom. The van der Waals surface area contributed by atoms with E-state index in [1.54, 1.807) is 13.8 Å². The van der Waals surface area contributed by atoms with Crippen LogP contribution in [-0.4, -0.2) is 10.7 Å². The van der Waals surface area contributed by atoms with Crippen LogP contribution in [0.15, 0.2) is 42.5 Å². The van der Waals surface area contributed by atoms with Crippen molar-refractivity contribution in [3.8, 4) is 23.0 Å². The fourth-order valence-electron chi connectivity index (χ4n) is 1.92. The van der Waals surface area contributed by atoms with Crippen molar-refractivity contribution in [2.75, 3.05) is 0 Å². The lowest BCUT2D eigenvalue weighted by molar-refractivity contribution is 0.143. The van der Waals surface area contributed by atoms with Gasteiger partial charge in [-0.05, 0) is 49.6 Å². The first-order chi connectivity index (χ1) is 9.37. The first-order valence-corrected chi connectivity index (χ1v) is 6.48. The summed E-state index contributed by atoms with van der Waals surface area (Å²) in [6.07, 6.45) is 0. The van der Waals surface area contributed by atoms with Gasteiger partial charge in [-0.25, -0.2) is 4.39 Å². The molecule has 0 aliphatic heterocycles. The van der Waals surface area contributed by atoms with Gasteiger partial charge in [0.15, 0.2) is 0 Å². The molecule has 0 aromatic heterocycles. The maximum absolute atomic E-state index is 14.2. The molecule has 0 atom stereocenters. The van der Waals surface area contributed by atoms with E-state index >= 15 is 0 Å². The number of aliphatic hydroxyl groups is 1. The van der Waals surface area contributed by atoms with Crippen molar-refractivity contribution >= 4 is 0 Å². The third-order valence-electron chi connectivity index (χ3n) is 2.89. The molecule has 20 heavy (non-hydrogen) atoms. The second kappa shape index (κ2) is 5.48. The summed E-state index contributed by atoms with van der Waals surface area (Å²) in [5.74, 6) is 5.01. The van der Waals surface area contributed by atoms with Crippen LogP contribution in [-0.2, 0) is 0 Å². The predicted molar refractivity (Wildman–Crippen MR) is 79.7 cm³/mol. The van der Waals surface area contributed by atoms with Gasteiger partial charge >= 0.3 is 0 Å². The van der Waals surface area contributed by atoms with E-state index in [9.17, 15) is 9.50 Å². The standard InChI is InChI=1S/C18H17FO/c1-13-11-15(14-7-5-4-6-8-14)12-17(19)16(13)9-10-18(2,3)20/h4-8,11-12,20H,1-3H3. The summed E-state index contributed by atoms with van der Waals surface area (Å²) in [7, 11) is 0. The van der Waals surface area contributed by atoms with Gasteiger partial charge in [0, 0.05) is 0 Å². The first-order valence-electron chi connectivity index (χ1n) is 6.48. The van der Waals surface area contributed by atoms with Crippen molar-refractivity contribution < 1.29 is 9.50 Å². The van der Waals surface area contributed by atoms with Gasteiger partial charge in [0.25, 0.3) is 0 Å². The molecule has 0 amide bonds. The molecule has 0 radical (unpaired) electrons. The van der Waals surface area contributed by atoms with Crippen LogP contribution >= 0.6 is 0 Å². The third kappa shape index (κ3) is 3.46. The smallest absolute Gasteiger partial charge is 0.139 e. The molecule has 2 aromatic rings. The highest BCUT2D eigenvalue weighted by Crippen LogP contribution is 2.24. The zero-order chi connectivity index (χ0) is 14.8. The Kier molecular flexibility index (Phi) is 3.92. The zero-order valence-electron chi connectivity index (χ0n) is 11.9. The van der Waals surface area contributed by atoms with Gasteiger partial charge in [-0.3, -0.25) is 0 Å². The van der Waals surface area contributed by atoms with Gasteiger partial charge in [-0.1, -0.05) is 42.2 Å². The molecule has 0 saturated heterocycles. The molecule has 1 N–H and O–H groups in total. The van der Waals surface area contributed by atoms with Gasteiger partial charge in [0.1, 0.15) is 11.4 Å². The maximum atomic E-state index is 14.2. The maximum Gasteiger partial charge on any atom is 0.139 e. The molecule has 0 bridgehead atoms. The second-order valence-corrected chi connectivity index (χ2v) is 5.33. The molecule has 0 saturated carbocycles. The molecular formula is C18H17FO. The van der Waals surface area contributed by atoms with Crippen molar-refractivity contribution in [1.82, 2.24) is 0 Å². The number of rotatable bonds is 1. The lowest BCUT2D eigenvalue weighted by Crippen LogP contribution is -2.14. The highest BCUT2D eigenvalue weighted by atomic mass is 19.1. The van der Waals surface area contributed by atoms with Crippen LogP contribution in [0.5, 0.6) is 0 Å². The Balaban J connectivity index is 2.47. The highest BCUT2D eigenvalue weighted by molar-refractivity contribution is 5.66. The summed E-state index contributed by atoms with van der Waals surface area (Å²) in [5.41, 5.74) is 1.77. The Bertz CT molecular complexity index is 647. The minimum atomic E-state index is -1.13. The lowest BCUT2D eigenvalue weighted by Gasteiger charge is -2.09. The number of benzene rings is 2. The van der Waals surface area contributed by atoms with E-state index in [1.165, 1.54) is 6.07 Å². The van der Waals surface area contributed by atoms with E-state index in [0.29, 0.717) is 5.56 Å². The molecular weight excluding hydrogens is 251 g/mol. The molecule has 1 nitrogen and oxygen atoms in total. The van der Waals surface area contributed by atoms with E-state index in [4.69, 9.17) is 0 Å². The molecule has 102 valence electrons. The molecule has 0 aliphatic rings. The second-order valence-electron chi connectivity index (χ2n) is 5.33. The van der Waals surface area contributed by atoms with Crippen molar-refractivity contribution in [2.45, 2.75) is 26.4 Å². The zero-order valence-corrected chi connectivity index (χ0v) is 11.9. The molecule has 0 aliphatic carbocycles. The minimum Gasteiger partial charge on any atom is -0.378 e. The number of hydrogen-bond donors (Lipinski definition) is 1. The summed E-state index contributed by atoms with van der Waals surface area (Å²) in [4.78, 5) is 0. The molecule has 2 heteroatoms. The average Bonchev–Trinajstić information content (AvgIpc) is 2.37. The Hall–Kier alpha value is -2.11. The van der Waals surface area contributed by atoms with Gasteiger partial charge in [-0.15, -0.1) is 0 Å². The largest absolute Gasteiger partial charge is 0.378 e. The highest BCUT2D eigenvalue weighted by Gasteiger charge is 2.10. The minimum absolute atomic E-state index is 0.340. The summed E-state index contributed by atoms with van der Waals surface area (Å²) < 4.78 is 14.2. The number of hydrogen-bond acceptors (Lipinski definition) is 1. The van der Waals surface area contributed by atoms with E-state index in [1.807, 2.05) is 43.3 Å². The van der Waals surface area contributed by atoms with Crippen LogP contribution in [0, 0.1) is 24.6 Å². The fraction of sp³-hybridized carbons (Fsp3) is 0.222. The van der Waals surface area contributed by atoms with Crippen molar-refractivity contribution in [3.63, 3.8) is 0 Å². The van der Waals surface area contributed by atoms with Crippen molar-refractivity contribution in [1.29, 1.82) is 0 Å². The Morgan fingerprint density at radius 2 is 1.70 bits per heavy atom. The molecule has 0 spiro atoms. The molecule has 0 fully saturated rings. The monoisotopic (exact) mass is 268 g/mol.